The van der Waals surface area contributed by atoms with Crippen molar-refractivity contribution >= 4 is 27.5 Å². The smallest absolute Gasteiger partial charge is 0.244 e. The van der Waals surface area contributed by atoms with Crippen molar-refractivity contribution in [1.82, 2.24) is 10.2 Å². The van der Waals surface area contributed by atoms with E-state index >= 15 is 0 Å². The van der Waals surface area contributed by atoms with Gasteiger partial charge < -0.3 is 19.7 Å². The highest BCUT2D eigenvalue weighted by Crippen LogP contribution is 2.32. The zero-order valence-electron chi connectivity index (χ0n) is 22.1. The van der Waals surface area contributed by atoms with Crippen molar-refractivity contribution in [3.63, 3.8) is 0 Å². The Kier molecular flexibility index (Phi) is 10.2. The molecule has 0 radical (unpaired) electrons. The van der Waals surface area contributed by atoms with E-state index in [9.17, 15) is 18.0 Å². The Hall–Kier alpha value is -3.27. The molecule has 2 aromatic carbocycles. The first-order valence-electron chi connectivity index (χ1n) is 11.8. The highest BCUT2D eigenvalue weighted by atomic mass is 32.2. The highest BCUT2D eigenvalue weighted by molar-refractivity contribution is 7.92. The molecule has 2 aromatic rings. The van der Waals surface area contributed by atoms with Crippen LogP contribution in [0.3, 0.4) is 0 Å². The molecule has 0 aliphatic rings. The molecule has 0 spiro atoms. The fraction of sp³-hybridized carbons (Fsp3) is 0.462. The van der Waals surface area contributed by atoms with E-state index < -0.39 is 28.5 Å². The minimum atomic E-state index is -3.85. The number of methoxy groups -OCH3 is 2. The van der Waals surface area contributed by atoms with Crippen molar-refractivity contribution in [3.05, 3.63) is 53.6 Å². The SMILES string of the molecule is CC[C@@H](C)NC(=O)[C@@H](C)N(Cc1cccc(C)c1)C(=O)CN(c1ccc(OC)c(OC)c1)S(C)(=O)=O. The fourth-order valence-corrected chi connectivity index (χ4v) is 4.49. The van der Waals surface area contributed by atoms with Crippen molar-refractivity contribution in [3.8, 4) is 11.5 Å². The molecule has 198 valence electrons. The molecule has 0 unspecified atom stereocenters. The molecule has 0 aliphatic carbocycles. The summed E-state index contributed by atoms with van der Waals surface area (Å²) in [4.78, 5) is 28.0. The summed E-state index contributed by atoms with van der Waals surface area (Å²) in [6, 6.07) is 11.4. The van der Waals surface area contributed by atoms with Crippen LogP contribution >= 0.6 is 0 Å². The lowest BCUT2D eigenvalue weighted by Crippen LogP contribution is -2.52. The number of aryl methyl sites for hydroxylation is 1. The number of carbonyl (C=O) groups is 2. The summed E-state index contributed by atoms with van der Waals surface area (Å²) in [6.45, 7) is 7.10. The number of hydrogen-bond donors (Lipinski definition) is 1. The van der Waals surface area contributed by atoms with Gasteiger partial charge in [0.1, 0.15) is 12.6 Å². The molecule has 0 aromatic heterocycles. The first-order chi connectivity index (χ1) is 16.9. The third-order valence-corrected chi connectivity index (χ3v) is 7.08. The Morgan fingerprint density at radius 3 is 2.25 bits per heavy atom. The Balaban J connectivity index is 2.44. The summed E-state index contributed by atoms with van der Waals surface area (Å²) in [5.74, 6) is -0.0580. The number of sulfonamides is 1. The maximum absolute atomic E-state index is 13.6. The van der Waals surface area contributed by atoms with Crippen LogP contribution in [0.15, 0.2) is 42.5 Å². The maximum atomic E-state index is 13.6. The molecule has 0 aliphatic heterocycles. The number of rotatable bonds is 12. The fourth-order valence-electron chi connectivity index (χ4n) is 3.65. The van der Waals surface area contributed by atoms with Gasteiger partial charge in [0.15, 0.2) is 11.5 Å². The van der Waals surface area contributed by atoms with E-state index in [1.807, 2.05) is 45.0 Å². The van der Waals surface area contributed by atoms with Crippen molar-refractivity contribution < 1.29 is 27.5 Å². The van der Waals surface area contributed by atoms with Gasteiger partial charge >= 0.3 is 0 Å². The van der Waals surface area contributed by atoms with E-state index in [0.29, 0.717) is 11.5 Å². The Labute approximate surface area is 214 Å². The average molecular weight is 520 g/mol. The molecule has 2 rings (SSSR count). The lowest BCUT2D eigenvalue weighted by atomic mass is 10.1. The molecular weight excluding hydrogens is 482 g/mol. The lowest BCUT2D eigenvalue weighted by molar-refractivity contribution is -0.139. The largest absolute Gasteiger partial charge is 0.493 e. The van der Waals surface area contributed by atoms with Gasteiger partial charge in [0.05, 0.1) is 26.2 Å². The predicted octanol–water partition coefficient (Wildman–Crippen LogP) is 3.11. The third-order valence-electron chi connectivity index (χ3n) is 5.94. The number of hydrogen-bond acceptors (Lipinski definition) is 6. The molecular formula is C26H37N3O6S. The van der Waals surface area contributed by atoms with Gasteiger partial charge in [-0.25, -0.2) is 8.42 Å². The lowest BCUT2D eigenvalue weighted by Gasteiger charge is -2.32. The van der Waals surface area contributed by atoms with Gasteiger partial charge in [0.25, 0.3) is 0 Å². The minimum Gasteiger partial charge on any atom is -0.493 e. The molecule has 9 nitrogen and oxygen atoms in total. The standard InChI is InChI=1S/C26H37N3O6S/c1-8-19(3)27-26(31)20(4)28(16-21-11-9-10-18(2)14-21)25(30)17-29(36(7,32)33)22-12-13-23(34-5)24(15-22)35-6/h9-15,19-20H,8,16-17H2,1-7H3,(H,27,31)/t19-,20-/m1/s1. The van der Waals surface area contributed by atoms with Gasteiger partial charge in [0.2, 0.25) is 21.8 Å². The summed E-state index contributed by atoms with van der Waals surface area (Å²) in [5.41, 5.74) is 2.10. The second-order valence-electron chi connectivity index (χ2n) is 8.81. The van der Waals surface area contributed by atoms with Crippen LogP contribution in [0.5, 0.6) is 11.5 Å². The second-order valence-corrected chi connectivity index (χ2v) is 10.7. The number of ether oxygens (including phenoxy) is 2. The Morgan fingerprint density at radius 1 is 1.03 bits per heavy atom. The molecule has 0 heterocycles. The van der Waals surface area contributed by atoms with Crippen LogP contribution < -0.4 is 19.1 Å². The van der Waals surface area contributed by atoms with E-state index in [1.165, 1.54) is 25.2 Å². The zero-order chi connectivity index (χ0) is 27.0. The van der Waals surface area contributed by atoms with E-state index in [2.05, 4.69) is 5.32 Å². The number of nitrogens with one attached hydrogen (secondary N) is 1. The summed E-state index contributed by atoms with van der Waals surface area (Å²) in [7, 11) is -0.931. The van der Waals surface area contributed by atoms with Crippen LogP contribution in [-0.2, 0) is 26.2 Å². The summed E-state index contributed by atoms with van der Waals surface area (Å²) in [6.07, 6.45) is 1.77. The summed E-state index contributed by atoms with van der Waals surface area (Å²) < 4.78 is 37.0. The zero-order valence-corrected chi connectivity index (χ0v) is 22.9. The number of nitrogens with zero attached hydrogens (tertiary/aromatic N) is 2. The monoisotopic (exact) mass is 519 g/mol. The van der Waals surface area contributed by atoms with Gasteiger partial charge in [-0.2, -0.15) is 0 Å². The Bertz CT molecular complexity index is 1170. The van der Waals surface area contributed by atoms with E-state index in [1.54, 1.807) is 19.1 Å². The normalized spacial score (nSPS) is 12.9. The van der Waals surface area contributed by atoms with E-state index in [-0.39, 0.29) is 24.2 Å². The van der Waals surface area contributed by atoms with E-state index in [0.717, 1.165) is 28.1 Å². The van der Waals surface area contributed by atoms with Crippen LogP contribution in [0.1, 0.15) is 38.3 Å². The molecule has 10 heteroatoms. The number of benzene rings is 2. The Morgan fingerprint density at radius 2 is 1.69 bits per heavy atom. The molecule has 0 saturated carbocycles. The van der Waals surface area contributed by atoms with Crippen LogP contribution in [-0.4, -0.2) is 64.2 Å². The number of carbonyl (C=O) groups excluding carboxylic acids is 2. The second kappa shape index (κ2) is 12.6. The summed E-state index contributed by atoms with van der Waals surface area (Å²) in [5, 5.41) is 2.91. The third kappa shape index (κ3) is 7.61. The molecule has 0 saturated heterocycles. The van der Waals surface area contributed by atoms with Gasteiger partial charge in [-0.05, 0) is 44.9 Å². The van der Waals surface area contributed by atoms with Crippen LogP contribution in [0.25, 0.3) is 0 Å². The first-order valence-corrected chi connectivity index (χ1v) is 13.6. The molecule has 2 atom stereocenters. The van der Waals surface area contributed by atoms with Crippen LogP contribution in [0.4, 0.5) is 5.69 Å². The van der Waals surface area contributed by atoms with Crippen molar-refractivity contribution in [1.29, 1.82) is 0 Å². The molecule has 1 N–H and O–H groups in total. The quantitative estimate of drug-likeness (QED) is 0.462. The van der Waals surface area contributed by atoms with Crippen LogP contribution in [0, 0.1) is 6.92 Å². The number of amides is 2. The van der Waals surface area contributed by atoms with Crippen molar-refractivity contribution in [2.45, 2.75) is 52.7 Å². The highest BCUT2D eigenvalue weighted by Gasteiger charge is 2.30. The van der Waals surface area contributed by atoms with Crippen LogP contribution in [0.2, 0.25) is 0 Å². The van der Waals surface area contributed by atoms with E-state index in [4.69, 9.17) is 9.47 Å². The van der Waals surface area contributed by atoms with Gasteiger partial charge in [-0.1, -0.05) is 36.8 Å². The average Bonchev–Trinajstić information content (AvgIpc) is 2.83. The summed E-state index contributed by atoms with van der Waals surface area (Å²) >= 11 is 0. The first kappa shape index (κ1) is 29.0. The molecule has 0 fully saturated rings. The molecule has 36 heavy (non-hydrogen) atoms. The van der Waals surface area contributed by atoms with Gasteiger partial charge in [-0.15, -0.1) is 0 Å². The van der Waals surface area contributed by atoms with Gasteiger partial charge in [-0.3, -0.25) is 13.9 Å². The maximum Gasteiger partial charge on any atom is 0.244 e. The molecule has 0 bridgehead atoms. The minimum absolute atomic E-state index is 0.0600. The topological polar surface area (TPSA) is 105 Å². The number of anilines is 1. The van der Waals surface area contributed by atoms with Gasteiger partial charge in [0, 0.05) is 18.7 Å². The predicted molar refractivity (Wildman–Crippen MR) is 141 cm³/mol. The van der Waals surface area contributed by atoms with Crippen molar-refractivity contribution in [2.75, 3.05) is 31.3 Å². The molecule has 2 amide bonds. The van der Waals surface area contributed by atoms with Crippen molar-refractivity contribution in [2.24, 2.45) is 0 Å².